The van der Waals surface area contributed by atoms with E-state index in [1.165, 1.54) is 5.56 Å². The molecule has 5 nitrogen and oxygen atoms in total. The van der Waals surface area contributed by atoms with Crippen LogP contribution in [0, 0.1) is 0 Å². The molecule has 1 aliphatic rings. The van der Waals surface area contributed by atoms with Crippen LogP contribution in [0.1, 0.15) is 44.5 Å². The highest BCUT2D eigenvalue weighted by Gasteiger charge is 2.22. The summed E-state index contributed by atoms with van der Waals surface area (Å²) in [6.07, 6.45) is 3.15. The Bertz CT molecular complexity index is 727. The first-order valence-electron chi connectivity index (χ1n) is 8.11. The van der Waals surface area contributed by atoms with Crippen LogP contribution in [0.15, 0.2) is 30.5 Å². The summed E-state index contributed by atoms with van der Waals surface area (Å²) in [5, 5.41) is 3.34. The fourth-order valence-electron chi connectivity index (χ4n) is 2.85. The van der Waals surface area contributed by atoms with E-state index in [1.54, 1.807) is 6.20 Å². The van der Waals surface area contributed by atoms with E-state index < -0.39 is 0 Å². The Morgan fingerprint density at radius 1 is 1.26 bits per heavy atom. The maximum absolute atomic E-state index is 12.0. The van der Waals surface area contributed by atoms with Crippen LogP contribution in [-0.4, -0.2) is 22.4 Å². The lowest BCUT2D eigenvalue weighted by molar-refractivity contribution is -0.118. The van der Waals surface area contributed by atoms with Crippen molar-refractivity contribution in [1.29, 1.82) is 0 Å². The predicted octanol–water partition coefficient (Wildman–Crippen LogP) is 3.64. The molecule has 0 fully saturated rings. The number of nitrogens with zero attached hydrogens (tertiary/aromatic N) is 3. The summed E-state index contributed by atoms with van der Waals surface area (Å²) < 4.78 is 0. The first-order chi connectivity index (χ1) is 11.1. The summed E-state index contributed by atoms with van der Waals surface area (Å²) in [5.74, 6) is 2.13. The highest BCUT2D eigenvalue weighted by Crippen LogP contribution is 2.31. The normalized spacial score (nSPS) is 14.1. The van der Waals surface area contributed by atoms with E-state index in [0.29, 0.717) is 18.9 Å². The zero-order chi connectivity index (χ0) is 16.4. The average molecular weight is 310 g/mol. The van der Waals surface area contributed by atoms with Crippen LogP contribution >= 0.6 is 0 Å². The molecule has 0 unspecified atom stereocenters. The number of carbonyl (C=O) groups is 1. The van der Waals surface area contributed by atoms with Gasteiger partial charge in [-0.2, -0.15) is 0 Å². The van der Waals surface area contributed by atoms with Gasteiger partial charge in [0, 0.05) is 36.5 Å². The molecule has 1 aromatic carbocycles. The Hall–Kier alpha value is -2.43. The van der Waals surface area contributed by atoms with E-state index in [2.05, 4.69) is 35.2 Å². The lowest BCUT2D eigenvalue weighted by Gasteiger charge is -2.28. The van der Waals surface area contributed by atoms with Gasteiger partial charge in [0.2, 0.25) is 5.91 Å². The summed E-state index contributed by atoms with van der Waals surface area (Å²) >= 11 is 0. The number of fused-ring (bicyclic) bond motifs is 1. The van der Waals surface area contributed by atoms with Crippen molar-refractivity contribution in [3.05, 3.63) is 41.9 Å². The van der Waals surface area contributed by atoms with Gasteiger partial charge in [-0.25, -0.2) is 9.97 Å². The van der Waals surface area contributed by atoms with Gasteiger partial charge in [0.15, 0.2) is 0 Å². The fraction of sp³-hybridized carbons (Fsp3) is 0.389. The van der Waals surface area contributed by atoms with Gasteiger partial charge in [-0.05, 0) is 43.2 Å². The number of benzene rings is 1. The van der Waals surface area contributed by atoms with Crippen LogP contribution in [-0.2, 0) is 11.2 Å². The molecule has 0 saturated carbocycles. The van der Waals surface area contributed by atoms with Gasteiger partial charge in [-0.15, -0.1) is 0 Å². The largest absolute Gasteiger partial charge is 0.340 e. The monoisotopic (exact) mass is 310 g/mol. The molecule has 1 aromatic heterocycles. The molecule has 0 spiro atoms. The third-order valence-electron chi connectivity index (χ3n) is 4.06. The van der Waals surface area contributed by atoms with E-state index in [1.807, 2.05) is 30.0 Å². The van der Waals surface area contributed by atoms with Gasteiger partial charge < -0.3 is 10.2 Å². The Morgan fingerprint density at radius 2 is 2.09 bits per heavy atom. The van der Waals surface area contributed by atoms with Crippen LogP contribution in [0.3, 0.4) is 0 Å². The molecule has 23 heavy (non-hydrogen) atoms. The molecule has 2 aromatic rings. The minimum Gasteiger partial charge on any atom is -0.340 e. The fourth-order valence-corrected chi connectivity index (χ4v) is 2.85. The summed E-state index contributed by atoms with van der Waals surface area (Å²) in [6, 6.07) is 7.99. The molecule has 0 aliphatic carbocycles. The van der Waals surface area contributed by atoms with Gasteiger partial charge >= 0.3 is 0 Å². The molecule has 1 N–H and O–H groups in total. The van der Waals surface area contributed by atoms with Crippen LogP contribution in [0.4, 0.5) is 17.2 Å². The number of aromatic nitrogens is 2. The van der Waals surface area contributed by atoms with E-state index in [9.17, 15) is 4.79 Å². The molecule has 0 bridgehead atoms. The van der Waals surface area contributed by atoms with Gasteiger partial charge in [0.05, 0.1) is 0 Å². The number of aryl methyl sites for hydroxylation is 1. The molecule has 120 valence electrons. The zero-order valence-electron chi connectivity index (χ0n) is 13.8. The Labute approximate surface area is 136 Å². The molecular formula is C18H22N4O. The van der Waals surface area contributed by atoms with E-state index >= 15 is 0 Å². The smallest absolute Gasteiger partial charge is 0.227 e. The number of hydrogen-bond donors (Lipinski definition) is 1. The zero-order valence-corrected chi connectivity index (χ0v) is 13.8. The second kappa shape index (κ2) is 6.36. The maximum atomic E-state index is 12.0. The van der Waals surface area contributed by atoms with Crippen molar-refractivity contribution in [2.24, 2.45) is 0 Å². The van der Waals surface area contributed by atoms with Crippen molar-refractivity contribution in [3.8, 4) is 0 Å². The number of anilines is 3. The minimum atomic E-state index is 0.207. The first kappa shape index (κ1) is 15.5. The van der Waals surface area contributed by atoms with Gasteiger partial charge in [-0.1, -0.05) is 13.8 Å². The van der Waals surface area contributed by atoms with Crippen LogP contribution in [0.5, 0.6) is 0 Å². The molecule has 1 aliphatic heterocycles. The molecule has 5 heteroatoms. The van der Waals surface area contributed by atoms with Crippen molar-refractivity contribution in [2.45, 2.75) is 39.5 Å². The SMILES string of the molecule is CCN1C(=O)CCc2cc(Nc3ccnc(C(C)C)n3)ccc21. The number of amides is 1. The third kappa shape index (κ3) is 3.18. The Kier molecular flexibility index (Phi) is 4.28. The maximum Gasteiger partial charge on any atom is 0.227 e. The van der Waals surface area contributed by atoms with E-state index in [-0.39, 0.29) is 5.91 Å². The molecular weight excluding hydrogens is 288 g/mol. The van der Waals surface area contributed by atoms with E-state index in [0.717, 1.165) is 29.4 Å². The summed E-state index contributed by atoms with van der Waals surface area (Å²) in [4.78, 5) is 22.6. The van der Waals surface area contributed by atoms with E-state index in [4.69, 9.17) is 0 Å². The number of carbonyl (C=O) groups excluding carboxylic acids is 1. The highest BCUT2D eigenvalue weighted by molar-refractivity contribution is 5.96. The highest BCUT2D eigenvalue weighted by atomic mass is 16.2. The summed E-state index contributed by atoms with van der Waals surface area (Å²) in [7, 11) is 0. The van der Waals surface area contributed by atoms with Gasteiger partial charge in [0.1, 0.15) is 11.6 Å². The lowest BCUT2D eigenvalue weighted by Crippen LogP contribution is -2.34. The topological polar surface area (TPSA) is 58.1 Å². The number of nitrogens with one attached hydrogen (secondary N) is 1. The van der Waals surface area contributed by atoms with Gasteiger partial charge in [-0.3, -0.25) is 4.79 Å². The Balaban J connectivity index is 1.85. The van der Waals surface area contributed by atoms with Crippen LogP contribution < -0.4 is 10.2 Å². The summed E-state index contributed by atoms with van der Waals surface area (Å²) in [5.41, 5.74) is 3.22. The number of rotatable bonds is 4. The predicted molar refractivity (Wildman–Crippen MR) is 92.2 cm³/mol. The lowest BCUT2D eigenvalue weighted by atomic mass is 10.0. The molecule has 0 saturated heterocycles. The molecule has 0 atom stereocenters. The van der Waals surface area contributed by atoms with Crippen molar-refractivity contribution in [1.82, 2.24) is 9.97 Å². The molecule has 2 heterocycles. The van der Waals surface area contributed by atoms with Crippen molar-refractivity contribution in [3.63, 3.8) is 0 Å². The van der Waals surface area contributed by atoms with Gasteiger partial charge in [0.25, 0.3) is 0 Å². The van der Waals surface area contributed by atoms with Crippen LogP contribution in [0.25, 0.3) is 0 Å². The summed E-state index contributed by atoms with van der Waals surface area (Å²) in [6.45, 7) is 6.87. The quantitative estimate of drug-likeness (QED) is 0.936. The van der Waals surface area contributed by atoms with Crippen LogP contribution in [0.2, 0.25) is 0 Å². The second-order valence-corrected chi connectivity index (χ2v) is 6.06. The Morgan fingerprint density at radius 3 is 2.83 bits per heavy atom. The second-order valence-electron chi connectivity index (χ2n) is 6.06. The standard InChI is InChI=1S/C18H22N4O/c1-4-22-15-7-6-14(11-13(15)5-8-17(22)23)20-16-9-10-19-18(21-16)12(2)3/h6-7,9-12H,4-5,8H2,1-3H3,(H,19,20,21). The third-order valence-corrected chi connectivity index (χ3v) is 4.06. The van der Waals surface area contributed by atoms with Crippen molar-refractivity contribution < 1.29 is 4.79 Å². The number of hydrogen-bond acceptors (Lipinski definition) is 4. The molecule has 1 amide bonds. The molecule has 3 rings (SSSR count). The minimum absolute atomic E-state index is 0.207. The van der Waals surface area contributed by atoms with Crippen molar-refractivity contribution in [2.75, 3.05) is 16.8 Å². The molecule has 0 radical (unpaired) electrons. The van der Waals surface area contributed by atoms with Crippen molar-refractivity contribution >= 4 is 23.1 Å². The first-order valence-corrected chi connectivity index (χ1v) is 8.11. The average Bonchev–Trinajstić information content (AvgIpc) is 2.55.